The number of nitrogens with zero attached hydrogens (tertiary/aromatic N) is 3. The summed E-state index contributed by atoms with van der Waals surface area (Å²) in [6, 6.07) is 5.57. The molecule has 2 N–H and O–H groups in total. The lowest BCUT2D eigenvalue weighted by Gasteiger charge is -2.49. The molecule has 0 radical (unpaired) electrons. The second kappa shape index (κ2) is 16.6. The SMILES string of the molecule is COc1ccc(COC(=O)C2=C(CI)C[S+]([O-])C3C(NC(=O)/C(=N\OC(C)(C)C(=O)OC(C)(C)C)c4csc(NC(=O)OC(C)(C)C)n4)C(=O)N23)cc1. The molecule has 4 rings (SSSR count). The summed E-state index contributed by atoms with van der Waals surface area (Å²) in [4.78, 5) is 77.1. The number of amides is 3. The van der Waals surface area contributed by atoms with Gasteiger partial charge in [0.2, 0.25) is 11.0 Å². The van der Waals surface area contributed by atoms with Crippen LogP contribution >= 0.6 is 33.9 Å². The highest BCUT2D eigenvalue weighted by Crippen LogP contribution is 2.38. The van der Waals surface area contributed by atoms with Gasteiger partial charge in [0.1, 0.15) is 40.7 Å². The molecule has 3 amide bonds. The fourth-order valence-corrected chi connectivity index (χ4v) is 8.09. The molecule has 53 heavy (non-hydrogen) atoms. The van der Waals surface area contributed by atoms with Gasteiger partial charge >= 0.3 is 18.0 Å². The van der Waals surface area contributed by atoms with Crippen molar-refractivity contribution in [2.75, 3.05) is 22.6 Å². The Hall–Kier alpha value is -3.95. The van der Waals surface area contributed by atoms with Crippen LogP contribution < -0.4 is 15.4 Å². The van der Waals surface area contributed by atoms with Crippen LogP contribution in [0, 0.1) is 0 Å². The van der Waals surface area contributed by atoms with Crippen LogP contribution in [0.15, 0.2) is 46.1 Å². The van der Waals surface area contributed by atoms with Gasteiger partial charge in [-0.05, 0) is 84.3 Å². The number of aromatic nitrogens is 1. The normalized spacial score (nSPS) is 19.1. The van der Waals surface area contributed by atoms with Crippen molar-refractivity contribution >= 4 is 85.8 Å². The molecule has 0 spiro atoms. The highest BCUT2D eigenvalue weighted by atomic mass is 127. The zero-order valence-corrected chi connectivity index (χ0v) is 34.5. The van der Waals surface area contributed by atoms with Gasteiger partial charge in [-0.15, -0.1) is 11.3 Å². The van der Waals surface area contributed by atoms with Gasteiger partial charge < -0.3 is 33.7 Å². The van der Waals surface area contributed by atoms with E-state index in [9.17, 15) is 28.5 Å². The second-order valence-corrected chi connectivity index (χ2v) is 17.4. The fraction of sp³-hybridized carbons (Fsp3) is 0.500. The number of hydrogen-bond donors (Lipinski definition) is 2. The Kier molecular flexibility index (Phi) is 13.1. The number of ether oxygens (including phenoxy) is 4. The number of alkyl halides is 1. The summed E-state index contributed by atoms with van der Waals surface area (Å²) in [7, 11) is 1.53. The number of esters is 2. The van der Waals surface area contributed by atoms with Crippen LogP contribution in [0.5, 0.6) is 5.75 Å². The Morgan fingerprint density at radius 3 is 2.28 bits per heavy atom. The summed E-state index contributed by atoms with van der Waals surface area (Å²) in [6.45, 7) is 12.8. The number of carbonyl (C=O) groups is 5. The van der Waals surface area contributed by atoms with Crippen LogP contribution in [0.2, 0.25) is 0 Å². The molecule has 3 heterocycles. The smallest absolute Gasteiger partial charge is 0.413 e. The Balaban J connectivity index is 1.57. The molecule has 0 aliphatic carbocycles. The van der Waals surface area contributed by atoms with E-state index in [-0.39, 0.29) is 28.9 Å². The maximum Gasteiger partial charge on any atom is 0.413 e. The van der Waals surface area contributed by atoms with Crippen molar-refractivity contribution in [2.24, 2.45) is 5.16 Å². The molecule has 2 aliphatic heterocycles. The Morgan fingerprint density at radius 2 is 1.70 bits per heavy atom. The van der Waals surface area contributed by atoms with Crippen molar-refractivity contribution in [3.05, 3.63) is 52.2 Å². The maximum absolute atomic E-state index is 13.9. The van der Waals surface area contributed by atoms with Crippen LogP contribution in [0.3, 0.4) is 0 Å². The van der Waals surface area contributed by atoms with E-state index in [1.807, 2.05) is 22.6 Å². The first kappa shape index (κ1) is 41.8. The van der Waals surface area contributed by atoms with Crippen molar-refractivity contribution in [1.29, 1.82) is 0 Å². The minimum Gasteiger partial charge on any atom is -0.614 e. The third-order valence-corrected chi connectivity index (χ3v) is 10.5. The largest absolute Gasteiger partial charge is 0.614 e. The van der Waals surface area contributed by atoms with Crippen molar-refractivity contribution in [2.45, 2.75) is 90.2 Å². The summed E-state index contributed by atoms with van der Waals surface area (Å²) in [5, 5.41) is 9.36. The van der Waals surface area contributed by atoms with Crippen LogP contribution in [-0.4, -0.2) is 95.5 Å². The number of hydrogen-bond acceptors (Lipinski definition) is 14. The van der Waals surface area contributed by atoms with E-state index in [0.29, 0.717) is 21.3 Å². The second-order valence-electron chi connectivity index (χ2n) is 14.3. The molecule has 288 valence electrons. The number of carbonyl (C=O) groups excluding carboxylic acids is 5. The maximum atomic E-state index is 13.9. The summed E-state index contributed by atoms with van der Waals surface area (Å²) < 4.78 is 35.2. The van der Waals surface area contributed by atoms with Crippen LogP contribution in [-0.2, 0) is 56.0 Å². The number of nitrogens with one attached hydrogen (secondary N) is 2. The molecule has 1 aromatic heterocycles. The van der Waals surface area contributed by atoms with Crippen molar-refractivity contribution < 1.29 is 52.3 Å². The third kappa shape index (κ3) is 10.6. The summed E-state index contributed by atoms with van der Waals surface area (Å²) in [5.74, 6) is -2.62. The van der Waals surface area contributed by atoms with Gasteiger partial charge in [-0.1, -0.05) is 39.9 Å². The third-order valence-electron chi connectivity index (χ3n) is 7.20. The van der Waals surface area contributed by atoms with E-state index in [4.69, 9.17) is 23.8 Å². The fourth-order valence-electron chi connectivity index (χ4n) is 4.73. The zero-order chi connectivity index (χ0) is 39.5. The van der Waals surface area contributed by atoms with Gasteiger partial charge in [-0.3, -0.25) is 19.8 Å². The minimum atomic E-state index is -1.71. The lowest BCUT2D eigenvalue weighted by molar-refractivity contribution is -0.179. The first-order valence-electron chi connectivity index (χ1n) is 16.2. The predicted octanol–water partition coefficient (Wildman–Crippen LogP) is 4.19. The highest BCUT2D eigenvalue weighted by molar-refractivity contribution is 14.1. The van der Waals surface area contributed by atoms with Crippen LogP contribution in [0.1, 0.15) is 66.6 Å². The van der Waals surface area contributed by atoms with Gasteiger partial charge in [-0.2, -0.15) is 0 Å². The number of anilines is 1. The monoisotopic (exact) mass is 887 g/mol. The first-order chi connectivity index (χ1) is 24.6. The Morgan fingerprint density at radius 1 is 1.06 bits per heavy atom. The number of methoxy groups -OCH3 is 1. The number of thiazole rings is 1. The van der Waals surface area contributed by atoms with E-state index < -0.39 is 75.0 Å². The molecule has 2 aliphatic rings. The summed E-state index contributed by atoms with van der Waals surface area (Å²) in [5.41, 5.74) is -2.75. The number of benzene rings is 1. The summed E-state index contributed by atoms with van der Waals surface area (Å²) in [6.07, 6.45) is -0.791. The Labute approximate surface area is 327 Å². The molecule has 1 fully saturated rings. The van der Waals surface area contributed by atoms with E-state index in [0.717, 1.165) is 16.2 Å². The van der Waals surface area contributed by atoms with Gasteiger partial charge in [0.05, 0.1) is 7.11 Å². The van der Waals surface area contributed by atoms with Crippen LogP contribution in [0.4, 0.5) is 9.93 Å². The van der Waals surface area contributed by atoms with Gasteiger partial charge in [-0.25, -0.2) is 19.4 Å². The molecule has 3 atom stereocenters. The number of β-lactam (4-membered cyclic amide) rings is 1. The zero-order valence-electron chi connectivity index (χ0n) is 30.7. The van der Waals surface area contributed by atoms with E-state index >= 15 is 0 Å². The number of fused-ring (bicyclic) bond motifs is 1. The van der Waals surface area contributed by atoms with Crippen LogP contribution in [0.25, 0.3) is 0 Å². The number of rotatable bonds is 12. The van der Waals surface area contributed by atoms with Crippen molar-refractivity contribution in [3.8, 4) is 5.75 Å². The lowest BCUT2D eigenvalue weighted by atomic mass is 10.0. The Bertz CT molecular complexity index is 1800. The minimum absolute atomic E-state index is 0.0262. The number of halogens is 1. The van der Waals surface area contributed by atoms with Crippen molar-refractivity contribution in [3.63, 3.8) is 0 Å². The standard InChI is InChI=1S/C34H42IN5O11S2/c1-32(2,3)49-29(44)34(7,8)51-39-22(21-16-52-30(36-21)38-31(45)50-33(4,5)6)25(41)37-23-26(42)40-24(19(14-35)17-53(46)27(23)40)28(43)48-15-18-10-12-20(47-9)13-11-18/h10-13,16,23,27H,14-15,17H2,1-9H3,(H,37,41)(H,36,38,45)/b39-22-. The van der Waals surface area contributed by atoms with Gasteiger partial charge in [0.25, 0.3) is 11.8 Å². The molecule has 19 heteroatoms. The molecular weight excluding hydrogens is 845 g/mol. The first-order valence-corrected chi connectivity index (χ1v) is 20.0. The van der Waals surface area contributed by atoms with Gasteiger partial charge in [0.15, 0.2) is 16.9 Å². The predicted molar refractivity (Wildman–Crippen MR) is 204 cm³/mol. The van der Waals surface area contributed by atoms with E-state index in [2.05, 4.69) is 20.8 Å². The molecule has 3 unspecified atom stereocenters. The molecule has 0 bridgehead atoms. The lowest BCUT2D eigenvalue weighted by Crippen LogP contribution is -2.75. The average molecular weight is 888 g/mol. The summed E-state index contributed by atoms with van der Waals surface area (Å²) >= 11 is 1.26. The molecule has 1 saturated heterocycles. The quantitative estimate of drug-likeness (QED) is 0.0450. The molecule has 0 saturated carbocycles. The molecule has 2 aromatic rings. The van der Waals surface area contributed by atoms with E-state index in [1.165, 1.54) is 26.3 Å². The molecular formula is C34H42IN5O11S2. The van der Waals surface area contributed by atoms with Gasteiger partial charge in [0, 0.05) is 15.4 Å². The van der Waals surface area contributed by atoms with Crippen molar-refractivity contribution in [1.82, 2.24) is 15.2 Å². The molecule has 1 aromatic carbocycles. The number of oxime groups is 1. The topological polar surface area (TPSA) is 207 Å². The highest BCUT2D eigenvalue weighted by Gasteiger charge is 2.61. The van der Waals surface area contributed by atoms with E-state index in [1.54, 1.807) is 65.8 Å². The molecule has 16 nitrogen and oxygen atoms in total. The average Bonchev–Trinajstić information content (AvgIpc) is 3.51.